The number of hydrogen-bond acceptors (Lipinski definition) is 6. The van der Waals surface area contributed by atoms with Gasteiger partial charge >= 0.3 is 0 Å². The number of hydrogen-bond donors (Lipinski definition) is 1. The van der Waals surface area contributed by atoms with Gasteiger partial charge in [-0.05, 0) is 44.0 Å². The summed E-state index contributed by atoms with van der Waals surface area (Å²) >= 11 is 0. The fourth-order valence-corrected chi connectivity index (χ4v) is 5.17. The van der Waals surface area contributed by atoms with Crippen LogP contribution in [0, 0.1) is 11.3 Å². The highest BCUT2D eigenvalue weighted by atomic mass is 35.5. The maximum absolute atomic E-state index is 9.63. The molecule has 2 aliphatic heterocycles. The molecule has 1 unspecified atom stereocenters. The fraction of sp³-hybridized carbons (Fsp3) is 0.333. The van der Waals surface area contributed by atoms with E-state index in [1.54, 1.807) is 15.4 Å². The SMILES string of the molecule is Cl.Cl.Cn1cc(-c2cc(-c3ccc(N4CCC5(CCCN5)C4)nc3)c3c(C#N)cnn3c2)cn1. The molecule has 0 saturated carbocycles. The highest BCUT2D eigenvalue weighted by Gasteiger charge is 2.40. The zero-order valence-corrected chi connectivity index (χ0v) is 20.4. The number of aryl methyl sites for hydroxylation is 1. The predicted molar refractivity (Wildman–Crippen MR) is 137 cm³/mol. The van der Waals surface area contributed by atoms with E-state index in [0.29, 0.717) is 5.56 Å². The van der Waals surface area contributed by atoms with Crippen LogP contribution >= 0.6 is 24.8 Å². The van der Waals surface area contributed by atoms with Crippen molar-refractivity contribution in [1.29, 1.82) is 5.26 Å². The van der Waals surface area contributed by atoms with E-state index in [0.717, 1.165) is 53.2 Å². The Morgan fingerprint density at radius 2 is 1.91 bits per heavy atom. The van der Waals surface area contributed by atoms with Crippen LogP contribution in [0.25, 0.3) is 27.8 Å². The lowest BCUT2D eigenvalue weighted by Gasteiger charge is -2.24. The number of nitriles is 1. The number of pyridine rings is 2. The molecule has 8 nitrogen and oxygen atoms in total. The molecule has 1 spiro atoms. The van der Waals surface area contributed by atoms with Gasteiger partial charge in [0.2, 0.25) is 0 Å². The van der Waals surface area contributed by atoms with Crippen molar-refractivity contribution in [2.75, 3.05) is 24.5 Å². The quantitative estimate of drug-likeness (QED) is 0.463. The normalized spacial score (nSPS) is 19.2. The van der Waals surface area contributed by atoms with Crippen molar-refractivity contribution in [3.63, 3.8) is 0 Å². The van der Waals surface area contributed by atoms with Gasteiger partial charge in [-0.1, -0.05) is 0 Å². The molecular formula is C24H26Cl2N8. The molecule has 2 saturated heterocycles. The standard InChI is InChI=1S/C24H24N8.2ClH/c1-30-14-20(13-28-30)18-9-21(23-19(10-25)12-29-32(23)15-18)17-3-4-22(26-11-17)31-8-6-24(16-31)5-2-7-27-24;;/h3-4,9,11-15,27H,2,5-8,16H2,1H3;2*1H. The van der Waals surface area contributed by atoms with Crippen molar-refractivity contribution in [3.8, 4) is 28.3 Å². The summed E-state index contributed by atoms with van der Waals surface area (Å²) in [6.07, 6.45) is 13.0. The third-order valence-electron chi connectivity index (χ3n) is 6.84. The lowest BCUT2D eigenvalue weighted by molar-refractivity contribution is 0.418. The Morgan fingerprint density at radius 1 is 1.03 bits per heavy atom. The molecule has 4 aromatic rings. The summed E-state index contributed by atoms with van der Waals surface area (Å²) in [5.74, 6) is 1.01. The van der Waals surface area contributed by atoms with Crippen molar-refractivity contribution in [3.05, 3.63) is 54.7 Å². The lowest BCUT2D eigenvalue weighted by Crippen LogP contribution is -2.42. The first-order valence-corrected chi connectivity index (χ1v) is 11.0. The number of rotatable bonds is 3. The maximum atomic E-state index is 9.63. The smallest absolute Gasteiger partial charge is 0.128 e. The van der Waals surface area contributed by atoms with E-state index < -0.39 is 0 Å². The summed E-state index contributed by atoms with van der Waals surface area (Å²) < 4.78 is 3.56. The van der Waals surface area contributed by atoms with Gasteiger partial charge in [0.25, 0.3) is 0 Å². The van der Waals surface area contributed by atoms with Gasteiger partial charge in [0, 0.05) is 66.5 Å². The van der Waals surface area contributed by atoms with E-state index in [1.807, 2.05) is 31.8 Å². The fourth-order valence-electron chi connectivity index (χ4n) is 5.17. The second-order valence-electron chi connectivity index (χ2n) is 8.90. The summed E-state index contributed by atoms with van der Waals surface area (Å²) in [7, 11) is 1.90. The topological polar surface area (TPSA) is 87.1 Å². The van der Waals surface area contributed by atoms with E-state index in [1.165, 1.54) is 19.3 Å². The minimum atomic E-state index is 0. The second-order valence-corrected chi connectivity index (χ2v) is 8.90. The first-order chi connectivity index (χ1) is 15.6. The van der Waals surface area contributed by atoms with Crippen molar-refractivity contribution in [2.45, 2.75) is 24.8 Å². The van der Waals surface area contributed by atoms with Crippen LogP contribution in [0.15, 0.2) is 49.2 Å². The number of nitrogens with one attached hydrogen (secondary N) is 1. The number of fused-ring (bicyclic) bond motifs is 1. The Bertz CT molecular complexity index is 1350. The molecule has 176 valence electrons. The van der Waals surface area contributed by atoms with Gasteiger partial charge in [0.15, 0.2) is 0 Å². The van der Waals surface area contributed by atoms with Gasteiger partial charge in [0.05, 0.1) is 23.5 Å². The van der Waals surface area contributed by atoms with Gasteiger partial charge in [-0.2, -0.15) is 15.5 Å². The molecule has 4 aromatic heterocycles. The van der Waals surface area contributed by atoms with Crippen LogP contribution < -0.4 is 10.2 Å². The van der Waals surface area contributed by atoms with E-state index >= 15 is 0 Å². The average Bonchev–Trinajstić information content (AvgIpc) is 3.61. The largest absolute Gasteiger partial charge is 0.355 e. The third kappa shape index (κ3) is 4.00. The molecule has 34 heavy (non-hydrogen) atoms. The van der Waals surface area contributed by atoms with Crippen LogP contribution in [0.2, 0.25) is 0 Å². The van der Waals surface area contributed by atoms with E-state index in [2.05, 4.69) is 44.7 Å². The molecule has 0 aliphatic carbocycles. The Balaban J connectivity index is 0.00000137. The highest BCUT2D eigenvalue weighted by molar-refractivity contribution is 5.87. The molecule has 2 aliphatic rings. The van der Waals surface area contributed by atoms with Gasteiger partial charge in [-0.25, -0.2) is 9.50 Å². The molecule has 10 heteroatoms. The average molecular weight is 497 g/mol. The third-order valence-corrected chi connectivity index (χ3v) is 6.84. The first kappa shape index (κ1) is 24.0. The van der Waals surface area contributed by atoms with Crippen LogP contribution in [0.3, 0.4) is 0 Å². The van der Waals surface area contributed by atoms with Crippen LogP contribution in [-0.4, -0.2) is 49.6 Å². The van der Waals surface area contributed by atoms with Crippen molar-refractivity contribution in [1.82, 2.24) is 29.7 Å². The molecule has 1 N–H and O–H groups in total. The van der Waals surface area contributed by atoms with Crippen molar-refractivity contribution >= 4 is 36.1 Å². The molecule has 2 fully saturated rings. The molecule has 0 radical (unpaired) electrons. The summed E-state index contributed by atoms with van der Waals surface area (Å²) in [5.41, 5.74) is 5.51. The number of aromatic nitrogens is 5. The van der Waals surface area contributed by atoms with Gasteiger partial charge in [-0.3, -0.25) is 4.68 Å². The summed E-state index contributed by atoms with van der Waals surface area (Å²) in [6, 6.07) is 8.57. The number of anilines is 1. The minimum Gasteiger partial charge on any atom is -0.355 e. The summed E-state index contributed by atoms with van der Waals surface area (Å²) in [4.78, 5) is 7.19. The molecule has 6 heterocycles. The van der Waals surface area contributed by atoms with Gasteiger partial charge in [-0.15, -0.1) is 24.8 Å². The maximum Gasteiger partial charge on any atom is 0.128 e. The molecule has 1 atom stereocenters. The Morgan fingerprint density at radius 3 is 2.59 bits per heavy atom. The molecule has 0 amide bonds. The van der Waals surface area contributed by atoms with E-state index in [4.69, 9.17) is 4.98 Å². The highest BCUT2D eigenvalue weighted by Crippen LogP contribution is 2.35. The predicted octanol–water partition coefficient (Wildman–Crippen LogP) is 3.84. The Hall–Kier alpha value is -3.12. The van der Waals surface area contributed by atoms with Crippen LogP contribution in [0.1, 0.15) is 24.8 Å². The van der Waals surface area contributed by atoms with E-state index in [9.17, 15) is 5.26 Å². The molecular weight excluding hydrogens is 471 g/mol. The first-order valence-electron chi connectivity index (χ1n) is 11.0. The van der Waals surface area contributed by atoms with Gasteiger partial charge < -0.3 is 10.2 Å². The molecule has 6 rings (SSSR count). The van der Waals surface area contributed by atoms with Crippen LogP contribution in [-0.2, 0) is 7.05 Å². The number of halogens is 2. The zero-order valence-electron chi connectivity index (χ0n) is 18.8. The van der Waals surface area contributed by atoms with Crippen LogP contribution in [0.5, 0.6) is 0 Å². The van der Waals surface area contributed by atoms with E-state index in [-0.39, 0.29) is 30.4 Å². The van der Waals surface area contributed by atoms with Crippen molar-refractivity contribution < 1.29 is 0 Å². The minimum absolute atomic E-state index is 0. The Kier molecular flexibility index (Phi) is 6.54. The second kappa shape index (κ2) is 9.26. The summed E-state index contributed by atoms with van der Waals surface area (Å²) in [5, 5.41) is 22.1. The molecule has 0 aromatic carbocycles. The number of nitrogens with zero attached hydrogens (tertiary/aromatic N) is 7. The van der Waals surface area contributed by atoms with Gasteiger partial charge in [0.1, 0.15) is 11.9 Å². The molecule has 0 bridgehead atoms. The van der Waals surface area contributed by atoms with Crippen molar-refractivity contribution in [2.24, 2.45) is 7.05 Å². The zero-order chi connectivity index (χ0) is 21.7. The summed E-state index contributed by atoms with van der Waals surface area (Å²) in [6.45, 7) is 3.17. The Labute approximate surface area is 210 Å². The monoisotopic (exact) mass is 496 g/mol. The van der Waals surface area contributed by atoms with Crippen LogP contribution in [0.4, 0.5) is 5.82 Å². The lowest BCUT2D eigenvalue weighted by atomic mass is 9.97.